The van der Waals surface area contributed by atoms with Gasteiger partial charge in [0, 0.05) is 18.0 Å². The van der Waals surface area contributed by atoms with Gasteiger partial charge in [0.25, 0.3) is 5.91 Å². The highest BCUT2D eigenvalue weighted by Crippen LogP contribution is 2.10. The summed E-state index contributed by atoms with van der Waals surface area (Å²) in [6.45, 7) is 5.87. The van der Waals surface area contributed by atoms with Crippen LogP contribution in [0.4, 0.5) is 4.39 Å². The van der Waals surface area contributed by atoms with Crippen LogP contribution in [0.3, 0.4) is 0 Å². The molecule has 2 N–H and O–H groups in total. The van der Waals surface area contributed by atoms with E-state index < -0.39 is 5.82 Å². The third-order valence-corrected chi connectivity index (χ3v) is 3.05. The molecule has 1 aromatic carbocycles. The molecule has 0 fully saturated rings. The molecule has 0 aliphatic carbocycles. The molecule has 20 heavy (non-hydrogen) atoms. The second kappa shape index (κ2) is 7.66. The van der Waals surface area contributed by atoms with Gasteiger partial charge in [0.05, 0.1) is 12.2 Å². The molecule has 1 atom stereocenters. The number of benzene rings is 1. The number of carbonyl (C=O) groups is 1. The van der Waals surface area contributed by atoms with Crippen LogP contribution in [0, 0.1) is 23.6 Å². The molecule has 1 rings (SSSR count). The minimum absolute atomic E-state index is 0.0228. The fourth-order valence-electron chi connectivity index (χ4n) is 1.43. The van der Waals surface area contributed by atoms with Gasteiger partial charge in [0.15, 0.2) is 0 Å². The van der Waals surface area contributed by atoms with E-state index in [0.29, 0.717) is 12.3 Å². The average Bonchev–Trinajstić information content (AvgIpc) is 2.40. The summed E-state index contributed by atoms with van der Waals surface area (Å²) in [6.07, 6.45) is 0.299. The lowest BCUT2D eigenvalue weighted by atomic mass is 10.1. The Balaban J connectivity index is 2.82. The molecule has 0 aromatic heterocycles. The molecular weight excluding hydrogens is 257 g/mol. The van der Waals surface area contributed by atoms with Crippen molar-refractivity contribution in [2.75, 3.05) is 6.61 Å². The molecular formula is C16H20FNO2. The van der Waals surface area contributed by atoms with Gasteiger partial charge in [-0.25, -0.2) is 4.39 Å². The van der Waals surface area contributed by atoms with E-state index in [-0.39, 0.29) is 29.7 Å². The first-order valence-corrected chi connectivity index (χ1v) is 6.65. The standard InChI is InChI=1S/C16H20FNO2/c1-11(2)12(3)18-16(20)14-8-7-13(15(17)10-14)6-4-5-9-19/h7-8,10-12,19H,5,9H2,1-3H3,(H,18,20). The molecule has 3 nitrogen and oxygen atoms in total. The Bertz CT molecular complexity index is 529. The molecule has 1 unspecified atom stereocenters. The molecule has 0 heterocycles. The van der Waals surface area contributed by atoms with Gasteiger partial charge in [0.1, 0.15) is 5.82 Å². The van der Waals surface area contributed by atoms with Crippen LogP contribution in [0.25, 0.3) is 0 Å². The summed E-state index contributed by atoms with van der Waals surface area (Å²) in [5.74, 6) is 4.76. The van der Waals surface area contributed by atoms with Crippen molar-refractivity contribution in [3.8, 4) is 11.8 Å². The van der Waals surface area contributed by atoms with E-state index in [0.717, 1.165) is 0 Å². The summed E-state index contributed by atoms with van der Waals surface area (Å²) >= 11 is 0. The molecule has 0 aliphatic rings. The third kappa shape index (κ3) is 4.67. The zero-order valence-electron chi connectivity index (χ0n) is 12.0. The van der Waals surface area contributed by atoms with E-state index in [9.17, 15) is 9.18 Å². The lowest BCUT2D eigenvalue weighted by Crippen LogP contribution is -2.36. The van der Waals surface area contributed by atoms with E-state index in [1.807, 2.05) is 20.8 Å². The number of amides is 1. The van der Waals surface area contributed by atoms with Crippen molar-refractivity contribution in [3.05, 3.63) is 35.1 Å². The van der Waals surface area contributed by atoms with Gasteiger partial charge in [-0.3, -0.25) is 4.79 Å². The first-order valence-electron chi connectivity index (χ1n) is 6.65. The van der Waals surface area contributed by atoms with Gasteiger partial charge >= 0.3 is 0 Å². The van der Waals surface area contributed by atoms with Crippen LogP contribution in [-0.2, 0) is 0 Å². The highest BCUT2D eigenvalue weighted by molar-refractivity contribution is 5.94. The maximum absolute atomic E-state index is 13.8. The summed E-state index contributed by atoms with van der Waals surface area (Å²) in [5, 5.41) is 11.4. The van der Waals surface area contributed by atoms with E-state index in [1.54, 1.807) is 6.07 Å². The molecule has 0 bridgehead atoms. The second-order valence-electron chi connectivity index (χ2n) is 4.98. The zero-order valence-corrected chi connectivity index (χ0v) is 12.0. The monoisotopic (exact) mass is 277 g/mol. The van der Waals surface area contributed by atoms with Gasteiger partial charge < -0.3 is 10.4 Å². The number of hydrogen-bond donors (Lipinski definition) is 2. The molecule has 1 aromatic rings. The number of aliphatic hydroxyl groups excluding tert-OH is 1. The number of nitrogens with one attached hydrogen (secondary N) is 1. The molecule has 4 heteroatoms. The van der Waals surface area contributed by atoms with Crippen LogP contribution in [0.5, 0.6) is 0 Å². The lowest BCUT2D eigenvalue weighted by molar-refractivity contribution is 0.0930. The van der Waals surface area contributed by atoms with E-state index in [1.165, 1.54) is 12.1 Å². The Morgan fingerprint density at radius 3 is 2.65 bits per heavy atom. The Morgan fingerprint density at radius 2 is 2.10 bits per heavy atom. The molecule has 0 saturated heterocycles. The zero-order chi connectivity index (χ0) is 15.1. The number of carbonyl (C=O) groups excluding carboxylic acids is 1. The highest BCUT2D eigenvalue weighted by Gasteiger charge is 2.13. The minimum Gasteiger partial charge on any atom is -0.395 e. The summed E-state index contributed by atoms with van der Waals surface area (Å²) in [5.41, 5.74) is 0.509. The maximum Gasteiger partial charge on any atom is 0.251 e. The van der Waals surface area contributed by atoms with Crippen LogP contribution < -0.4 is 5.32 Å². The number of hydrogen-bond acceptors (Lipinski definition) is 2. The number of halogens is 1. The third-order valence-electron chi connectivity index (χ3n) is 3.05. The minimum atomic E-state index is -0.528. The molecule has 1 amide bonds. The second-order valence-corrected chi connectivity index (χ2v) is 4.98. The van der Waals surface area contributed by atoms with Crippen molar-refractivity contribution in [1.82, 2.24) is 5.32 Å². The van der Waals surface area contributed by atoms with Gasteiger partial charge in [-0.1, -0.05) is 25.7 Å². The summed E-state index contributed by atoms with van der Waals surface area (Å²) < 4.78 is 13.8. The summed E-state index contributed by atoms with van der Waals surface area (Å²) in [6, 6.07) is 4.24. The lowest BCUT2D eigenvalue weighted by Gasteiger charge is -2.17. The average molecular weight is 277 g/mol. The molecule has 0 saturated carbocycles. The summed E-state index contributed by atoms with van der Waals surface area (Å²) in [7, 11) is 0. The van der Waals surface area contributed by atoms with Crippen molar-refractivity contribution >= 4 is 5.91 Å². The Labute approximate surface area is 119 Å². The largest absolute Gasteiger partial charge is 0.395 e. The first-order chi connectivity index (χ1) is 9.45. The smallest absolute Gasteiger partial charge is 0.251 e. The Hall–Kier alpha value is -1.86. The SMILES string of the molecule is CC(C)C(C)NC(=O)c1ccc(C#CCCO)c(F)c1. The normalized spacial score (nSPS) is 11.7. The van der Waals surface area contributed by atoms with Crippen molar-refractivity contribution in [3.63, 3.8) is 0 Å². The van der Waals surface area contributed by atoms with Gasteiger partial charge in [0.2, 0.25) is 0 Å². The number of rotatable bonds is 4. The predicted molar refractivity (Wildman–Crippen MR) is 76.7 cm³/mol. The molecule has 108 valence electrons. The Morgan fingerprint density at radius 1 is 1.40 bits per heavy atom. The fourth-order valence-corrected chi connectivity index (χ4v) is 1.43. The topological polar surface area (TPSA) is 49.3 Å². The van der Waals surface area contributed by atoms with Crippen molar-refractivity contribution in [1.29, 1.82) is 0 Å². The van der Waals surface area contributed by atoms with E-state index >= 15 is 0 Å². The predicted octanol–water partition coefficient (Wildman–Crippen LogP) is 2.33. The molecule has 0 aliphatic heterocycles. The van der Waals surface area contributed by atoms with Crippen molar-refractivity contribution < 1.29 is 14.3 Å². The molecule has 0 spiro atoms. The molecule has 0 radical (unpaired) electrons. The van der Waals surface area contributed by atoms with Gasteiger partial charge in [-0.15, -0.1) is 0 Å². The van der Waals surface area contributed by atoms with Crippen LogP contribution in [0.1, 0.15) is 43.1 Å². The highest BCUT2D eigenvalue weighted by atomic mass is 19.1. The van der Waals surface area contributed by atoms with Crippen LogP contribution in [-0.4, -0.2) is 23.7 Å². The van der Waals surface area contributed by atoms with Crippen molar-refractivity contribution in [2.45, 2.75) is 33.2 Å². The maximum atomic E-state index is 13.8. The van der Waals surface area contributed by atoms with Crippen LogP contribution in [0.2, 0.25) is 0 Å². The van der Waals surface area contributed by atoms with E-state index in [2.05, 4.69) is 17.2 Å². The van der Waals surface area contributed by atoms with E-state index in [4.69, 9.17) is 5.11 Å². The Kier molecular flexibility index (Phi) is 6.20. The summed E-state index contributed by atoms with van der Waals surface area (Å²) in [4.78, 5) is 11.9. The number of aliphatic hydroxyl groups is 1. The quantitative estimate of drug-likeness (QED) is 0.830. The van der Waals surface area contributed by atoms with Crippen LogP contribution >= 0.6 is 0 Å². The van der Waals surface area contributed by atoms with Crippen LogP contribution in [0.15, 0.2) is 18.2 Å². The first kappa shape index (κ1) is 16.2. The van der Waals surface area contributed by atoms with Crippen molar-refractivity contribution in [2.24, 2.45) is 5.92 Å². The fraction of sp³-hybridized carbons (Fsp3) is 0.438. The van der Waals surface area contributed by atoms with Gasteiger partial charge in [-0.2, -0.15) is 0 Å². The van der Waals surface area contributed by atoms with Gasteiger partial charge in [-0.05, 0) is 31.0 Å².